The number of rotatable bonds is 2. The molecule has 0 saturated carbocycles. The lowest BCUT2D eigenvalue weighted by molar-refractivity contribution is 0.403. The van der Waals surface area contributed by atoms with Gasteiger partial charge in [-0.25, -0.2) is 4.98 Å². The van der Waals surface area contributed by atoms with Crippen molar-refractivity contribution in [2.45, 2.75) is 13.5 Å². The van der Waals surface area contributed by atoms with Crippen LogP contribution in [0.25, 0.3) is 10.8 Å². The zero-order valence-corrected chi connectivity index (χ0v) is 8.95. The van der Waals surface area contributed by atoms with Crippen LogP contribution in [0.2, 0.25) is 0 Å². The van der Waals surface area contributed by atoms with Crippen LogP contribution in [-0.2, 0) is 6.54 Å². The van der Waals surface area contributed by atoms with Crippen molar-refractivity contribution in [3.63, 3.8) is 0 Å². The van der Waals surface area contributed by atoms with Crippen LogP contribution in [0.4, 0.5) is 0 Å². The number of hydrogen-bond acceptors (Lipinski definition) is 3. The minimum atomic E-state index is 0.533. The van der Waals surface area contributed by atoms with Crippen molar-refractivity contribution in [2.75, 3.05) is 7.11 Å². The van der Waals surface area contributed by atoms with E-state index in [-0.39, 0.29) is 0 Å². The quantitative estimate of drug-likeness (QED) is 0.810. The molecule has 0 bridgehead atoms. The molecule has 0 fully saturated rings. The summed E-state index contributed by atoms with van der Waals surface area (Å²) in [6, 6.07) is 6.02. The van der Waals surface area contributed by atoms with Crippen molar-refractivity contribution in [3.05, 3.63) is 35.5 Å². The van der Waals surface area contributed by atoms with Gasteiger partial charge in [0.2, 0.25) is 5.88 Å². The summed E-state index contributed by atoms with van der Waals surface area (Å²) < 4.78 is 5.23. The second-order valence-corrected chi connectivity index (χ2v) is 3.49. The monoisotopic (exact) mass is 202 g/mol. The van der Waals surface area contributed by atoms with Crippen molar-refractivity contribution in [1.82, 2.24) is 4.98 Å². The molecule has 0 spiro atoms. The first-order valence-corrected chi connectivity index (χ1v) is 4.89. The third kappa shape index (κ3) is 1.55. The molecule has 2 aromatic rings. The highest BCUT2D eigenvalue weighted by Gasteiger charge is 2.07. The first-order valence-electron chi connectivity index (χ1n) is 4.89. The van der Waals surface area contributed by atoms with Crippen LogP contribution in [0.15, 0.2) is 24.4 Å². The van der Waals surface area contributed by atoms with E-state index in [1.807, 2.05) is 31.3 Å². The zero-order valence-electron chi connectivity index (χ0n) is 8.95. The predicted molar refractivity (Wildman–Crippen MR) is 60.9 cm³/mol. The number of benzene rings is 1. The van der Waals surface area contributed by atoms with Gasteiger partial charge in [-0.2, -0.15) is 0 Å². The van der Waals surface area contributed by atoms with Crippen LogP contribution in [0.1, 0.15) is 11.1 Å². The lowest BCUT2D eigenvalue weighted by atomic mass is 10.0. The first-order chi connectivity index (χ1) is 7.27. The highest BCUT2D eigenvalue weighted by molar-refractivity contribution is 5.92. The van der Waals surface area contributed by atoms with E-state index in [2.05, 4.69) is 4.98 Å². The number of nitrogens with two attached hydrogens (primary N) is 1. The van der Waals surface area contributed by atoms with Crippen LogP contribution >= 0.6 is 0 Å². The second-order valence-electron chi connectivity index (χ2n) is 3.49. The number of aryl methyl sites for hydroxylation is 1. The maximum Gasteiger partial charge on any atom is 0.221 e. The summed E-state index contributed by atoms with van der Waals surface area (Å²) in [7, 11) is 1.63. The summed E-state index contributed by atoms with van der Waals surface area (Å²) in [5.74, 6) is 0.658. The Morgan fingerprint density at radius 3 is 2.87 bits per heavy atom. The molecule has 0 atom stereocenters. The summed E-state index contributed by atoms with van der Waals surface area (Å²) >= 11 is 0. The first kappa shape index (κ1) is 9.93. The smallest absolute Gasteiger partial charge is 0.221 e. The fourth-order valence-corrected chi connectivity index (χ4v) is 1.87. The Labute approximate surface area is 88.9 Å². The van der Waals surface area contributed by atoms with E-state index < -0.39 is 0 Å². The van der Waals surface area contributed by atoms with Gasteiger partial charge in [-0.3, -0.25) is 0 Å². The Balaban J connectivity index is 2.86. The SMILES string of the molecule is COc1ncc(C)c2c(CN)cccc12. The van der Waals surface area contributed by atoms with E-state index in [0.717, 1.165) is 21.9 Å². The van der Waals surface area contributed by atoms with E-state index in [9.17, 15) is 0 Å². The summed E-state index contributed by atoms with van der Waals surface area (Å²) in [5, 5.41) is 2.19. The van der Waals surface area contributed by atoms with E-state index in [4.69, 9.17) is 10.5 Å². The third-order valence-electron chi connectivity index (χ3n) is 2.56. The molecule has 0 radical (unpaired) electrons. The number of aromatic nitrogens is 1. The number of nitrogens with zero attached hydrogens (tertiary/aromatic N) is 1. The largest absolute Gasteiger partial charge is 0.481 e. The molecule has 2 rings (SSSR count). The van der Waals surface area contributed by atoms with Gasteiger partial charge in [0.15, 0.2) is 0 Å². The maximum absolute atomic E-state index is 5.72. The average molecular weight is 202 g/mol. The molecular weight excluding hydrogens is 188 g/mol. The van der Waals surface area contributed by atoms with Gasteiger partial charge in [0.1, 0.15) is 0 Å². The minimum Gasteiger partial charge on any atom is -0.481 e. The molecule has 0 aliphatic rings. The molecule has 78 valence electrons. The third-order valence-corrected chi connectivity index (χ3v) is 2.56. The molecule has 0 aliphatic heterocycles. The molecule has 3 heteroatoms. The summed E-state index contributed by atoms with van der Waals surface area (Å²) in [6.07, 6.45) is 1.82. The molecular formula is C12H14N2O. The highest BCUT2D eigenvalue weighted by Crippen LogP contribution is 2.28. The average Bonchev–Trinajstić information content (AvgIpc) is 2.29. The molecule has 1 aromatic carbocycles. The predicted octanol–water partition coefficient (Wildman–Crippen LogP) is 2.01. The highest BCUT2D eigenvalue weighted by atomic mass is 16.5. The lowest BCUT2D eigenvalue weighted by Gasteiger charge is -2.10. The maximum atomic E-state index is 5.72. The van der Waals surface area contributed by atoms with E-state index >= 15 is 0 Å². The van der Waals surface area contributed by atoms with E-state index in [1.54, 1.807) is 7.11 Å². The fraction of sp³-hybridized carbons (Fsp3) is 0.250. The Kier molecular flexibility index (Phi) is 2.56. The molecule has 1 heterocycles. The minimum absolute atomic E-state index is 0.533. The van der Waals surface area contributed by atoms with Gasteiger partial charge in [0.25, 0.3) is 0 Å². The Morgan fingerprint density at radius 1 is 1.40 bits per heavy atom. The van der Waals surface area contributed by atoms with Gasteiger partial charge in [-0.05, 0) is 29.5 Å². The number of hydrogen-bond donors (Lipinski definition) is 1. The van der Waals surface area contributed by atoms with Crippen molar-refractivity contribution in [3.8, 4) is 5.88 Å². The van der Waals surface area contributed by atoms with Crippen molar-refractivity contribution >= 4 is 10.8 Å². The topological polar surface area (TPSA) is 48.1 Å². The van der Waals surface area contributed by atoms with Crippen LogP contribution < -0.4 is 10.5 Å². The van der Waals surface area contributed by atoms with E-state index in [0.29, 0.717) is 12.4 Å². The van der Waals surface area contributed by atoms with Gasteiger partial charge in [0, 0.05) is 18.1 Å². The summed E-state index contributed by atoms with van der Waals surface area (Å²) in [5.41, 5.74) is 7.98. The fourth-order valence-electron chi connectivity index (χ4n) is 1.87. The molecule has 0 aliphatic carbocycles. The molecule has 0 unspecified atom stereocenters. The molecule has 2 N–H and O–H groups in total. The Morgan fingerprint density at radius 2 is 2.20 bits per heavy atom. The molecule has 0 amide bonds. The van der Waals surface area contributed by atoms with Crippen LogP contribution in [-0.4, -0.2) is 12.1 Å². The van der Waals surface area contributed by atoms with Gasteiger partial charge in [-0.15, -0.1) is 0 Å². The summed E-state index contributed by atoms with van der Waals surface area (Å²) in [4.78, 5) is 4.24. The Hall–Kier alpha value is -1.61. The van der Waals surface area contributed by atoms with Crippen LogP contribution in [0.3, 0.4) is 0 Å². The number of pyridine rings is 1. The van der Waals surface area contributed by atoms with Crippen LogP contribution in [0.5, 0.6) is 5.88 Å². The molecule has 15 heavy (non-hydrogen) atoms. The van der Waals surface area contributed by atoms with Crippen LogP contribution in [0, 0.1) is 6.92 Å². The zero-order chi connectivity index (χ0) is 10.8. The van der Waals surface area contributed by atoms with Gasteiger partial charge in [-0.1, -0.05) is 12.1 Å². The molecule has 0 saturated heterocycles. The van der Waals surface area contributed by atoms with Gasteiger partial charge < -0.3 is 10.5 Å². The normalized spacial score (nSPS) is 10.6. The van der Waals surface area contributed by atoms with Crippen molar-refractivity contribution < 1.29 is 4.74 Å². The van der Waals surface area contributed by atoms with E-state index in [1.165, 1.54) is 0 Å². The van der Waals surface area contributed by atoms with Crippen molar-refractivity contribution in [2.24, 2.45) is 5.73 Å². The molecule has 3 nitrogen and oxygen atoms in total. The standard InChI is InChI=1S/C12H14N2O/c1-8-7-14-12(15-2)10-5-3-4-9(6-13)11(8)10/h3-5,7H,6,13H2,1-2H3. The number of ether oxygens (including phenoxy) is 1. The van der Waals surface area contributed by atoms with Crippen molar-refractivity contribution in [1.29, 1.82) is 0 Å². The summed E-state index contributed by atoms with van der Waals surface area (Å²) in [6.45, 7) is 2.57. The number of fused-ring (bicyclic) bond motifs is 1. The second kappa shape index (κ2) is 3.87. The lowest BCUT2D eigenvalue weighted by Crippen LogP contribution is -1.99. The molecule has 1 aromatic heterocycles. The van der Waals surface area contributed by atoms with Gasteiger partial charge in [0.05, 0.1) is 7.11 Å². The van der Waals surface area contributed by atoms with Gasteiger partial charge >= 0.3 is 0 Å². The Bertz CT molecular complexity index is 494. The number of methoxy groups -OCH3 is 1.